The van der Waals surface area contributed by atoms with Gasteiger partial charge in [0.2, 0.25) is 0 Å². The van der Waals surface area contributed by atoms with Crippen molar-refractivity contribution in [2.24, 2.45) is 14.1 Å². The Labute approximate surface area is 578 Å². The van der Waals surface area contributed by atoms with Gasteiger partial charge in [-0.2, -0.15) is 0 Å². The number of anilines is 6. The number of aliphatic hydroxyl groups is 2. The fraction of sp³-hybridized carbons (Fsp3) is 0.422. The first-order valence-corrected chi connectivity index (χ1v) is 35.5. The van der Waals surface area contributed by atoms with E-state index in [9.17, 15) is 10.2 Å². The summed E-state index contributed by atoms with van der Waals surface area (Å²) in [6.45, 7) is 44.7. The summed E-state index contributed by atoms with van der Waals surface area (Å²) in [5.41, 5.74) is 72.7. The molecule has 0 radical (unpaired) electrons. The highest BCUT2D eigenvalue weighted by Gasteiger charge is 2.21. The second-order valence-corrected chi connectivity index (χ2v) is 26.9. The monoisotopic (exact) mass is 1310 g/mol. The minimum absolute atomic E-state index is 0.155. The van der Waals surface area contributed by atoms with Crippen molar-refractivity contribution in [2.45, 2.75) is 208 Å². The number of nitrogen functional groups attached to an aromatic ring is 6. The first kappa shape index (κ1) is 75.7. The van der Waals surface area contributed by atoms with Crippen LogP contribution in [0.4, 0.5) is 34.1 Å². The van der Waals surface area contributed by atoms with E-state index in [1.807, 2.05) is 36.4 Å². The normalized spacial score (nSPS) is 11.4. The topological polar surface area (TPSA) is 248 Å². The molecule has 12 aromatic rings. The number of hydrogen-bond donors (Lipinski definition) is 10. The minimum Gasteiger partial charge on any atom is -0.398 e. The molecule has 0 saturated carbocycles. The second-order valence-electron chi connectivity index (χ2n) is 26.9. The molecule has 0 saturated heterocycles. The van der Waals surface area contributed by atoms with E-state index in [4.69, 9.17) is 34.4 Å². The fourth-order valence-electron chi connectivity index (χ4n) is 15.0. The van der Waals surface area contributed by atoms with Crippen molar-refractivity contribution in [3.63, 3.8) is 0 Å². The van der Waals surface area contributed by atoms with E-state index in [0.717, 1.165) is 84.5 Å². The Morgan fingerprint density at radius 2 is 0.660 bits per heavy atom. The molecule has 6 aromatic carbocycles. The van der Waals surface area contributed by atoms with Crippen molar-refractivity contribution < 1.29 is 10.2 Å². The summed E-state index contributed by atoms with van der Waals surface area (Å²) in [4.78, 5) is 6.93. The first-order chi connectivity index (χ1) is 46.0. The van der Waals surface area contributed by atoms with E-state index in [-0.39, 0.29) is 13.2 Å². The Kier molecular flexibility index (Phi) is 25.0. The number of aromatic nitrogens is 6. The molecule has 6 aromatic heterocycles. The summed E-state index contributed by atoms with van der Waals surface area (Å²) in [7, 11) is 4.25. The summed E-state index contributed by atoms with van der Waals surface area (Å²) in [5, 5.41) is 25.7. The lowest BCUT2D eigenvalue weighted by atomic mass is 9.98. The quantitative estimate of drug-likeness (QED) is 0.0496. The third-order valence-electron chi connectivity index (χ3n) is 20.8. The van der Waals surface area contributed by atoms with Gasteiger partial charge in [-0.25, -0.2) is 0 Å². The summed E-state index contributed by atoms with van der Waals surface area (Å²) < 4.78 is 8.92. The van der Waals surface area contributed by atoms with E-state index < -0.39 is 0 Å². The second kappa shape index (κ2) is 32.1. The Balaban J connectivity index is 0.000000164. The number of benzene rings is 6. The SMILES string of the molecule is CCc1c(C)[nH]c2c(C(C)C)ccc(N)c12.CCc1c(C)n(C)c2c(CC)ccc(N)c12.CCc1c(C)n(CCO)c2c(CC)ccc(N)c12.CCc1ccc(N)c2c(C)c(C)n(C)c12.CCc1ccc(N)c2c(C)c(C)n(CCO)c12.Cc1[nH]c2c(C(C)C)ccc(N)c2c1C. The van der Waals surface area contributed by atoms with E-state index in [1.54, 1.807) is 0 Å². The molecular formula is C83H118N12O2. The third kappa shape index (κ3) is 14.5. The number of nitrogens with zero attached hydrogens (tertiary/aromatic N) is 4. The molecular weight excluding hydrogens is 1200 g/mol. The lowest BCUT2D eigenvalue weighted by molar-refractivity contribution is 0.276. The van der Waals surface area contributed by atoms with Crippen LogP contribution in [0.2, 0.25) is 0 Å². The number of aryl methyl sites for hydroxylation is 14. The minimum atomic E-state index is 0.155. The Morgan fingerprint density at radius 3 is 1.09 bits per heavy atom. The third-order valence-corrected chi connectivity index (χ3v) is 20.8. The number of fused-ring (bicyclic) bond motifs is 6. The van der Waals surface area contributed by atoms with E-state index >= 15 is 0 Å². The molecule has 0 fully saturated rings. The number of nitrogens with one attached hydrogen (secondary N) is 2. The lowest BCUT2D eigenvalue weighted by Gasteiger charge is -2.10. The van der Waals surface area contributed by atoms with Gasteiger partial charge >= 0.3 is 0 Å². The molecule has 14 heteroatoms. The van der Waals surface area contributed by atoms with Crippen LogP contribution in [0.5, 0.6) is 0 Å². The zero-order chi connectivity index (χ0) is 71.9. The standard InChI is InChI=1S/C15H22N2O.C14H20N2O.2C14H20N2.2C13H18N2/c1-4-11-6-7-13(16)14-12(5-2)10(3)17(8-9-18)15(11)14;1-4-11-5-6-12(15)13-9(2)10(3)16(7-8-17)14(11)13;1-5-10-9(4)16-14-11(8(2)3)6-7-12(15)13(10)14;1-5-10-7-8-12(15)13-11(6-2)9(3)16(4)14(10)13;1-7(2)10-5-6-11(14)12-8(3)9(4)15-13(10)12;1-5-10-6-7-11(14)12-8(2)9(3)15(4)13(10)12/h6-7,18H,4-5,8-9,16H2,1-3H3;5-6,17H,4,7-8,15H2,1-3H3;6-8,16H,5,15H2,1-4H3;7-8H,5-6,15H2,1-4H3;5-7,15H,14H2,1-4H3;6-7H,5,14H2,1-4H3. The molecule has 0 atom stereocenters. The highest BCUT2D eigenvalue weighted by atomic mass is 16.3. The zero-order valence-electron chi connectivity index (χ0n) is 63.0. The van der Waals surface area contributed by atoms with Gasteiger partial charge in [-0.1, -0.05) is 113 Å². The molecule has 0 aliphatic carbocycles. The highest BCUT2D eigenvalue weighted by Crippen LogP contribution is 2.39. The lowest BCUT2D eigenvalue weighted by Crippen LogP contribution is -2.05. The van der Waals surface area contributed by atoms with Gasteiger partial charge in [-0.15, -0.1) is 0 Å². The van der Waals surface area contributed by atoms with Crippen LogP contribution in [0.1, 0.15) is 189 Å². The van der Waals surface area contributed by atoms with Gasteiger partial charge in [0.25, 0.3) is 0 Å². The summed E-state index contributed by atoms with van der Waals surface area (Å²) in [6, 6.07) is 24.8. The maximum absolute atomic E-state index is 9.27. The van der Waals surface area contributed by atoms with Crippen LogP contribution in [0.3, 0.4) is 0 Å². The average molecular weight is 1320 g/mol. The fourth-order valence-corrected chi connectivity index (χ4v) is 15.0. The number of rotatable bonds is 13. The van der Waals surface area contributed by atoms with Gasteiger partial charge in [0.05, 0.1) is 46.3 Å². The molecule has 16 N–H and O–H groups in total. The number of H-pyrrole nitrogens is 2. The number of nitrogens with two attached hydrogens (primary N) is 6. The molecule has 0 unspecified atom stereocenters. The smallest absolute Gasteiger partial charge is 0.0610 e. The molecule has 97 heavy (non-hydrogen) atoms. The molecule has 0 aliphatic rings. The van der Waals surface area contributed by atoms with Gasteiger partial charge in [0.1, 0.15) is 0 Å². The van der Waals surface area contributed by atoms with Gasteiger partial charge < -0.3 is 72.9 Å². The maximum Gasteiger partial charge on any atom is 0.0610 e. The zero-order valence-corrected chi connectivity index (χ0v) is 63.0. The van der Waals surface area contributed by atoms with Crippen LogP contribution in [0.15, 0.2) is 72.8 Å². The Morgan fingerprint density at radius 1 is 0.340 bits per heavy atom. The summed E-state index contributed by atoms with van der Waals surface area (Å²) in [6.07, 6.45) is 7.10. The largest absolute Gasteiger partial charge is 0.398 e. The number of hydrogen-bond acceptors (Lipinski definition) is 8. The molecule has 12 rings (SSSR count). The molecule has 0 bridgehead atoms. The van der Waals surface area contributed by atoms with E-state index in [1.165, 1.54) is 161 Å². The Bertz CT molecular complexity index is 4760. The Hall–Kier alpha value is -8.72. The number of aromatic amines is 2. The van der Waals surface area contributed by atoms with Gasteiger partial charge in [0, 0.05) is 128 Å². The average Bonchev–Trinajstić information content (AvgIpc) is 1.77. The van der Waals surface area contributed by atoms with Gasteiger partial charge in [0.15, 0.2) is 0 Å². The van der Waals surface area contributed by atoms with Crippen LogP contribution < -0.4 is 34.4 Å². The molecule has 14 nitrogen and oxygen atoms in total. The molecule has 522 valence electrons. The molecule has 6 heterocycles. The van der Waals surface area contributed by atoms with Crippen molar-refractivity contribution in [1.82, 2.24) is 28.2 Å². The predicted octanol–water partition coefficient (Wildman–Crippen LogP) is 18.4. The van der Waals surface area contributed by atoms with Crippen molar-refractivity contribution in [1.29, 1.82) is 0 Å². The van der Waals surface area contributed by atoms with Crippen LogP contribution in [0.25, 0.3) is 65.4 Å². The van der Waals surface area contributed by atoms with E-state index in [2.05, 4.69) is 217 Å². The molecule has 0 amide bonds. The first-order valence-electron chi connectivity index (χ1n) is 35.5. The highest BCUT2D eigenvalue weighted by molar-refractivity contribution is 6.02. The summed E-state index contributed by atoms with van der Waals surface area (Å²) in [5.74, 6) is 1.04. The summed E-state index contributed by atoms with van der Waals surface area (Å²) >= 11 is 0. The van der Waals surface area contributed by atoms with Crippen LogP contribution in [-0.4, -0.2) is 51.7 Å². The maximum atomic E-state index is 9.27. The van der Waals surface area contributed by atoms with Crippen LogP contribution in [0, 0.1) is 62.3 Å². The van der Waals surface area contributed by atoms with Crippen molar-refractivity contribution in [2.75, 3.05) is 47.6 Å². The van der Waals surface area contributed by atoms with Crippen LogP contribution >= 0.6 is 0 Å². The predicted molar refractivity (Wildman–Crippen MR) is 423 cm³/mol. The van der Waals surface area contributed by atoms with Gasteiger partial charge in [-0.3, -0.25) is 0 Å². The van der Waals surface area contributed by atoms with Crippen molar-refractivity contribution in [3.05, 3.63) is 174 Å². The van der Waals surface area contributed by atoms with E-state index in [0.29, 0.717) is 24.9 Å². The molecule has 0 aliphatic heterocycles. The van der Waals surface area contributed by atoms with Gasteiger partial charge in [-0.05, 0) is 222 Å². The number of aliphatic hydroxyl groups excluding tert-OH is 2. The van der Waals surface area contributed by atoms with Crippen molar-refractivity contribution in [3.8, 4) is 0 Å². The van der Waals surface area contributed by atoms with Crippen LogP contribution in [-0.2, 0) is 72.1 Å². The molecule has 0 spiro atoms. The van der Waals surface area contributed by atoms with Crippen molar-refractivity contribution >= 4 is 99.5 Å².